The number of hydrogen-bond donors (Lipinski definition) is 2. The number of hydrogen-bond acceptors (Lipinski definition) is 3. The van der Waals surface area contributed by atoms with Crippen LogP contribution in [0.2, 0.25) is 0 Å². The fourth-order valence-corrected chi connectivity index (χ4v) is 2.89. The van der Waals surface area contributed by atoms with Crippen molar-refractivity contribution in [2.24, 2.45) is 0 Å². The summed E-state index contributed by atoms with van der Waals surface area (Å²) in [4.78, 5) is 19.5. The van der Waals surface area contributed by atoms with Crippen LogP contribution in [-0.2, 0) is 12.8 Å². The van der Waals surface area contributed by atoms with Gasteiger partial charge in [-0.2, -0.15) is 0 Å². The average Bonchev–Trinajstić information content (AvgIpc) is 2.60. The number of aryl methyl sites for hydroxylation is 1. The lowest BCUT2D eigenvalue weighted by Crippen LogP contribution is -2.37. The van der Waals surface area contributed by atoms with Crippen LogP contribution in [0.4, 0.5) is 0 Å². The summed E-state index contributed by atoms with van der Waals surface area (Å²) in [5, 5.41) is 3.48. The van der Waals surface area contributed by atoms with Gasteiger partial charge in [0.1, 0.15) is 5.82 Å². The van der Waals surface area contributed by atoms with Crippen LogP contribution in [0.25, 0.3) is 0 Å². The van der Waals surface area contributed by atoms with E-state index < -0.39 is 0 Å². The monoisotopic (exact) mass is 219 g/mol. The number of nitrogens with zero attached hydrogens (tertiary/aromatic N) is 1. The molecule has 0 amide bonds. The average molecular weight is 219 g/mol. The highest BCUT2D eigenvalue weighted by Gasteiger charge is 2.35. The first-order valence-electron chi connectivity index (χ1n) is 6.16. The van der Waals surface area contributed by atoms with E-state index in [4.69, 9.17) is 0 Å². The van der Waals surface area contributed by atoms with E-state index >= 15 is 0 Å². The van der Waals surface area contributed by atoms with Crippen molar-refractivity contribution in [3.05, 3.63) is 27.4 Å². The molecule has 4 heteroatoms. The molecule has 1 aromatic heterocycles. The minimum atomic E-state index is 0.0753. The van der Waals surface area contributed by atoms with Gasteiger partial charge < -0.3 is 10.3 Å². The molecule has 0 aliphatic carbocycles. The molecule has 0 radical (unpaired) electrons. The summed E-state index contributed by atoms with van der Waals surface area (Å²) >= 11 is 0. The number of aromatic nitrogens is 2. The predicted octanol–water partition coefficient (Wildman–Crippen LogP) is 1.07. The fraction of sp³-hybridized carbons (Fsp3) is 0.667. The molecule has 2 aliphatic rings. The Morgan fingerprint density at radius 2 is 2.31 bits per heavy atom. The first kappa shape index (κ1) is 10.0. The van der Waals surface area contributed by atoms with E-state index in [0.29, 0.717) is 6.04 Å². The van der Waals surface area contributed by atoms with Gasteiger partial charge in [0.2, 0.25) is 0 Å². The van der Waals surface area contributed by atoms with Gasteiger partial charge in [-0.3, -0.25) is 4.79 Å². The maximum absolute atomic E-state index is 12.0. The van der Waals surface area contributed by atoms with Crippen LogP contribution < -0.4 is 10.9 Å². The van der Waals surface area contributed by atoms with Crippen molar-refractivity contribution in [3.8, 4) is 0 Å². The van der Waals surface area contributed by atoms with Crippen molar-refractivity contribution in [2.45, 2.75) is 51.1 Å². The zero-order chi connectivity index (χ0) is 11.1. The third-order valence-electron chi connectivity index (χ3n) is 3.60. The Labute approximate surface area is 94.5 Å². The highest BCUT2D eigenvalue weighted by molar-refractivity contribution is 5.28. The lowest BCUT2D eigenvalue weighted by molar-refractivity contribution is 0.497. The minimum Gasteiger partial charge on any atom is -0.310 e. The molecule has 3 rings (SSSR count). The van der Waals surface area contributed by atoms with Crippen LogP contribution in [0.1, 0.15) is 49.3 Å². The van der Waals surface area contributed by atoms with Crippen molar-refractivity contribution in [1.82, 2.24) is 15.3 Å². The maximum atomic E-state index is 12.0. The molecule has 1 fully saturated rings. The molecule has 2 bridgehead atoms. The van der Waals surface area contributed by atoms with E-state index in [2.05, 4.69) is 22.2 Å². The van der Waals surface area contributed by atoms with E-state index in [9.17, 15) is 4.79 Å². The quantitative estimate of drug-likeness (QED) is 0.782. The van der Waals surface area contributed by atoms with Gasteiger partial charge in [0.15, 0.2) is 0 Å². The van der Waals surface area contributed by atoms with Crippen LogP contribution in [0.15, 0.2) is 4.79 Å². The molecule has 4 nitrogen and oxygen atoms in total. The topological polar surface area (TPSA) is 57.8 Å². The molecule has 3 heterocycles. The molecular formula is C12H17N3O. The largest absolute Gasteiger partial charge is 0.310 e. The van der Waals surface area contributed by atoms with E-state index in [1.807, 2.05) is 0 Å². The Bertz CT molecular complexity index is 466. The van der Waals surface area contributed by atoms with Gasteiger partial charge in [-0.15, -0.1) is 0 Å². The molecule has 0 spiro atoms. The second-order valence-corrected chi connectivity index (χ2v) is 4.82. The highest BCUT2D eigenvalue weighted by atomic mass is 16.1. The van der Waals surface area contributed by atoms with Gasteiger partial charge in [-0.05, 0) is 19.3 Å². The SMILES string of the molecule is CCCc1nc2c(c(=O)[nH]1)C1CCC(C2)N1. The van der Waals surface area contributed by atoms with Crippen molar-refractivity contribution in [1.29, 1.82) is 0 Å². The molecule has 86 valence electrons. The van der Waals surface area contributed by atoms with Crippen molar-refractivity contribution in [2.75, 3.05) is 0 Å². The van der Waals surface area contributed by atoms with Crippen LogP contribution in [0.3, 0.4) is 0 Å². The Kier molecular flexibility index (Phi) is 2.32. The fourth-order valence-electron chi connectivity index (χ4n) is 2.89. The van der Waals surface area contributed by atoms with E-state index in [0.717, 1.165) is 42.8 Å². The summed E-state index contributed by atoms with van der Waals surface area (Å²) in [5.41, 5.74) is 2.01. The molecule has 0 saturated carbocycles. The summed E-state index contributed by atoms with van der Waals surface area (Å²) < 4.78 is 0. The van der Waals surface area contributed by atoms with Crippen molar-refractivity contribution in [3.63, 3.8) is 0 Å². The van der Waals surface area contributed by atoms with Gasteiger partial charge in [0, 0.05) is 24.9 Å². The molecule has 2 atom stereocenters. The minimum absolute atomic E-state index is 0.0753. The predicted molar refractivity (Wildman–Crippen MR) is 61.5 cm³/mol. The summed E-state index contributed by atoms with van der Waals surface area (Å²) in [5.74, 6) is 0.854. The maximum Gasteiger partial charge on any atom is 0.255 e. The molecule has 2 N–H and O–H groups in total. The second-order valence-electron chi connectivity index (χ2n) is 4.82. The number of nitrogens with one attached hydrogen (secondary N) is 2. The van der Waals surface area contributed by atoms with E-state index in [1.165, 1.54) is 6.42 Å². The summed E-state index contributed by atoms with van der Waals surface area (Å²) in [6.45, 7) is 2.10. The summed E-state index contributed by atoms with van der Waals surface area (Å²) in [6, 6.07) is 0.793. The van der Waals surface area contributed by atoms with Crippen LogP contribution in [0.5, 0.6) is 0 Å². The van der Waals surface area contributed by atoms with Crippen molar-refractivity contribution >= 4 is 0 Å². The van der Waals surface area contributed by atoms with Crippen LogP contribution in [0, 0.1) is 0 Å². The number of fused-ring (bicyclic) bond motifs is 4. The first-order valence-corrected chi connectivity index (χ1v) is 6.16. The molecule has 2 aliphatic heterocycles. The molecular weight excluding hydrogens is 202 g/mol. The first-order chi connectivity index (χ1) is 7.78. The Morgan fingerprint density at radius 1 is 1.44 bits per heavy atom. The van der Waals surface area contributed by atoms with Gasteiger partial charge in [-0.1, -0.05) is 6.92 Å². The summed E-state index contributed by atoms with van der Waals surface area (Å²) in [7, 11) is 0. The van der Waals surface area contributed by atoms with Gasteiger partial charge in [0.25, 0.3) is 5.56 Å². The van der Waals surface area contributed by atoms with E-state index in [-0.39, 0.29) is 11.6 Å². The smallest absolute Gasteiger partial charge is 0.255 e. The lowest BCUT2D eigenvalue weighted by atomic mass is 10.0. The molecule has 1 saturated heterocycles. The number of H-pyrrole nitrogens is 1. The Balaban J connectivity index is 2.07. The third kappa shape index (κ3) is 1.48. The zero-order valence-corrected chi connectivity index (χ0v) is 9.55. The number of rotatable bonds is 2. The zero-order valence-electron chi connectivity index (χ0n) is 9.55. The van der Waals surface area contributed by atoms with Gasteiger partial charge in [0.05, 0.1) is 11.3 Å². The Hall–Kier alpha value is -1.16. The van der Waals surface area contributed by atoms with E-state index in [1.54, 1.807) is 0 Å². The lowest BCUT2D eigenvalue weighted by Gasteiger charge is -2.23. The molecule has 1 aromatic rings. The second kappa shape index (κ2) is 3.70. The molecule has 16 heavy (non-hydrogen) atoms. The van der Waals surface area contributed by atoms with Gasteiger partial charge in [-0.25, -0.2) is 4.98 Å². The van der Waals surface area contributed by atoms with Crippen LogP contribution >= 0.6 is 0 Å². The Morgan fingerprint density at radius 3 is 3.12 bits per heavy atom. The van der Waals surface area contributed by atoms with Crippen molar-refractivity contribution < 1.29 is 0 Å². The third-order valence-corrected chi connectivity index (χ3v) is 3.60. The van der Waals surface area contributed by atoms with Gasteiger partial charge >= 0.3 is 0 Å². The van der Waals surface area contributed by atoms with Crippen LogP contribution in [-0.4, -0.2) is 16.0 Å². The number of aromatic amines is 1. The highest BCUT2D eigenvalue weighted by Crippen LogP contribution is 2.32. The normalized spacial score (nSPS) is 26.8. The molecule has 0 aromatic carbocycles. The standard InChI is InChI=1S/C12H17N3O/c1-2-3-10-14-9-6-7-4-5-8(13-7)11(9)12(16)15-10/h7-8,13H,2-6H2,1H3,(H,14,15,16). The summed E-state index contributed by atoms with van der Waals surface area (Å²) in [6.07, 6.45) is 5.06. The molecule has 2 unspecified atom stereocenters.